The molecule has 0 aliphatic rings. The molecule has 0 amide bonds. The Hall–Kier alpha value is -0.740. The van der Waals surface area contributed by atoms with Crippen LogP contribution in [0, 0.1) is 0 Å². The summed E-state index contributed by atoms with van der Waals surface area (Å²) in [5.74, 6) is -0.820. The predicted octanol–water partition coefficient (Wildman–Crippen LogP) is 2.00. The Bertz CT molecular complexity index is 298. The van der Waals surface area contributed by atoms with Crippen molar-refractivity contribution in [3.63, 3.8) is 0 Å². The predicted molar refractivity (Wildman–Crippen MR) is 49.7 cm³/mol. The van der Waals surface area contributed by atoms with Crippen LogP contribution in [0.1, 0.15) is 11.3 Å². The molecule has 0 aliphatic heterocycles. The molecule has 0 aromatic carbocycles. The topological polar surface area (TPSA) is 63.3 Å². The van der Waals surface area contributed by atoms with Crippen molar-refractivity contribution in [2.45, 2.75) is 12.8 Å². The largest absolute Gasteiger partial charge is 0.481 e. The highest BCUT2D eigenvalue weighted by molar-refractivity contribution is 7.11. The quantitative estimate of drug-likeness (QED) is 0.794. The van der Waals surface area contributed by atoms with Crippen LogP contribution >= 0.6 is 22.9 Å². The molecule has 0 saturated heterocycles. The molecule has 0 fully saturated rings. The molecule has 0 bridgehead atoms. The highest BCUT2D eigenvalue weighted by atomic mass is 35.5. The number of halogens is 1. The fraction of sp³-hybridized carbons (Fsp3) is 0.286. The first-order chi connectivity index (χ1) is 5.61. The third-order valence-corrected chi connectivity index (χ3v) is 2.93. The first-order valence-corrected chi connectivity index (χ1v) is 4.60. The standard InChI is InChI=1S/C7H8ClNO2S/c8-4-3-12-5(7(4)9)1-2-6(10)11/h3H,1-2,9H2,(H,10,11). The molecule has 1 heterocycles. The van der Waals surface area contributed by atoms with Crippen LogP contribution < -0.4 is 5.73 Å². The van der Waals surface area contributed by atoms with Crippen LogP contribution in [0.25, 0.3) is 0 Å². The fourth-order valence-electron chi connectivity index (χ4n) is 0.797. The normalized spacial score (nSPS) is 10.1. The van der Waals surface area contributed by atoms with E-state index in [0.717, 1.165) is 4.88 Å². The maximum absolute atomic E-state index is 10.2. The molecule has 12 heavy (non-hydrogen) atoms. The average Bonchev–Trinajstić information content (AvgIpc) is 2.30. The number of hydrogen-bond donors (Lipinski definition) is 2. The summed E-state index contributed by atoms with van der Waals surface area (Å²) in [5, 5.41) is 10.6. The SMILES string of the molecule is Nc1c(Cl)csc1CCC(=O)O. The molecule has 1 aromatic rings. The van der Waals surface area contributed by atoms with Gasteiger partial charge in [0.25, 0.3) is 0 Å². The molecule has 0 spiro atoms. The van der Waals surface area contributed by atoms with Gasteiger partial charge in [-0.25, -0.2) is 0 Å². The Morgan fingerprint density at radius 2 is 2.42 bits per heavy atom. The van der Waals surface area contributed by atoms with E-state index in [1.807, 2.05) is 0 Å². The number of anilines is 1. The molecule has 5 heteroatoms. The van der Waals surface area contributed by atoms with Gasteiger partial charge in [-0.15, -0.1) is 11.3 Å². The molecule has 3 nitrogen and oxygen atoms in total. The number of carboxylic acids is 1. The van der Waals surface area contributed by atoms with E-state index in [1.54, 1.807) is 5.38 Å². The zero-order valence-corrected chi connectivity index (χ0v) is 7.78. The van der Waals surface area contributed by atoms with Gasteiger partial charge >= 0.3 is 5.97 Å². The maximum atomic E-state index is 10.2. The van der Waals surface area contributed by atoms with Crippen LogP contribution in [-0.2, 0) is 11.2 Å². The zero-order chi connectivity index (χ0) is 9.14. The Labute approximate surface area is 78.8 Å². The second-order valence-electron chi connectivity index (χ2n) is 2.31. The van der Waals surface area contributed by atoms with Gasteiger partial charge in [-0.2, -0.15) is 0 Å². The molecular formula is C7H8ClNO2S. The molecule has 1 aromatic heterocycles. The summed E-state index contributed by atoms with van der Waals surface area (Å²) in [4.78, 5) is 11.1. The number of aryl methyl sites for hydroxylation is 1. The van der Waals surface area contributed by atoms with Gasteiger partial charge in [-0.05, 0) is 6.42 Å². The van der Waals surface area contributed by atoms with Gasteiger partial charge in [-0.1, -0.05) is 11.6 Å². The van der Waals surface area contributed by atoms with Crippen molar-refractivity contribution in [2.75, 3.05) is 5.73 Å². The number of nitrogens with two attached hydrogens (primary N) is 1. The minimum Gasteiger partial charge on any atom is -0.481 e. The van der Waals surface area contributed by atoms with Crippen LogP contribution in [0.4, 0.5) is 5.69 Å². The van der Waals surface area contributed by atoms with E-state index in [0.29, 0.717) is 17.1 Å². The first kappa shape index (κ1) is 9.35. The van der Waals surface area contributed by atoms with E-state index in [4.69, 9.17) is 22.4 Å². The zero-order valence-electron chi connectivity index (χ0n) is 6.21. The van der Waals surface area contributed by atoms with E-state index >= 15 is 0 Å². The van der Waals surface area contributed by atoms with Crippen molar-refractivity contribution in [3.05, 3.63) is 15.3 Å². The molecule has 3 N–H and O–H groups in total. The summed E-state index contributed by atoms with van der Waals surface area (Å²) in [7, 11) is 0. The Morgan fingerprint density at radius 1 is 1.75 bits per heavy atom. The Balaban J connectivity index is 2.63. The molecule has 0 aliphatic carbocycles. The van der Waals surface area contributed by atoms with Crippen LogP contribution in [-0.4, -0.2) is 11.1 Å². The minimum absolute atomic E-state index is 0.0983. The van der Waals surface area contributed by atoms with Crippen molar-refractivity contribution in [2.24, 2.45) is 0 Å². The fourth-order valence-corrected chi connectivity index (χ4v) is 1.93. The summed E-state index contributed by atoms with van der Waals surface area (Å²) >= 11 is 7.08. The van der Waals surface area contributed by atoms with Gasteiger partial charge < -0.3 is 10.8 Å². The monoisotopic (exact) mass is 205 g/mol. The summed E-state index contributed by atoms with van der Waals surface area (Å²) < 4.78 is 0. The second kappa shape index (κ2) is 3.78. The number of carbonyl (C=O) groups is 1. The second-order valence-corrected chi connectivity index (χ2v) is 3.69. The third kappa shape index (κ3) is 2.12. The van der Waals surface area contributed by atoms with E-state index in [2.05, 4.69) is 0 Å². The number of nitrogen functional groups attached to an aromatic ring is 1. The molecule has 0 radical (unpaired) electrons. The van der Waals surface area contributed by atoms with Gasteiger partial charge in [0.2, 0.25) is 0 Å². The molecule has 66 valence electrons. The van der Waals surface area contributed by atoms with E-state index in [9.17, 15) is 4.79 Å². The summed E-state index contributed by atoms with van der Waals surface area (Å²) in [5.41, 5.74) is 6.09. The third-order valence-electron chi connectivity index (χ3n) is 1.43. The number of rotatable bonds is 3. The van der Waals surface area contributed by atoms with Gasteiger partial charge in [0.15, 0.2) is 0 Å². The van der Waals surface area contributed by atoms with Crippen molar-refractivity contribution in [1.29, 1.82) is 0 Å². The lowest BCUT2D eigenvalue weighted by molar-refractivity contribution is -0.136. The number of thiophene rings is 1. The Morgan fingerprint density at radius 3 is 2.83 bits per heavy atom. The molecular weight excluding hydrogens is 198 g/mol. The molecule has 1 rings (SSSR count). The summed E-state index contributed by atoms with van der Waals surface area (Å²) in [6.45, 7) is 0. The van der Waals surface area contributed by atoms with Crippen molar-refractivity contribution >= 4 is 34.6 Å². The van der Waals surface area contributed by atoms with E-state index < -0.39 is 5.97 Å². The van der Waals surface area contributed by atoms with Crippen molar-refractivity contribution < 1.29 is 9.90 Å². The van der Waals surface area contributed by atoms with Gasteiger partial charge in [0, 0.05) is 10.3 Å². The number of carboxylic acid groups (broad SMARTS) is 1. The van der Waals surface area contributed by atoms with Crippen LogP contribution in [0.5, 0.6) is 0 Å². The van der Waals surface area contributed by atoms with Gasteiger partial charge in [0.05, 0.1) is 17.1 Å². The highest BCUT2D eigenvalue weighted by Gasteiger charge is 2.07. The van der Waals surface area contributed by atoms with Gasteiger partial charge in [-0.3, -0.25) is 4.79 Å². The van der Waals surface area contributed by atoms with Crippen LogP contribution in [0.3, 0.4) is 0 Å². The first-order valence-electron chi connectivity index (χ1n) is 3.34. The summed E-state index contributed by atoms with van der Waals surface area (Å²) in [6, 6.07) is 0. The minimum atomic E-state index is -0.820. The summed E-state index contributed by atoms with van der Waals surface area (Å²) in [6.07, 6.45) is 0.555. The lowest BCUT2D eigenvalue weighted by Crippen LogP contribution is -1.97. The Kier molecular flexibility index (Phi) is 2.94. The average molecular weight is 206 g/mol. The smallest absolute Gasteiger partial charge is 0.303 e. The van der Waals surface area contributed by atoms with Crippen LogP contribution in [0.2, 0.25) is 5.02 Å². The number of hydrogen-bond acceptors (Lipinski definition) is 3. The maximum Gasteiger partial charge on any atom is 0.303 e. The molecule has 0 atom stereocenters. The lowest BCUT2D eigenvalue weighted by atomic mass is 10.2. The van der Waals surface area contributed by atoms with E-state index in [1.165, 1.54) is 11.3 Å². The van der Waals surface area contributed by atoms with Crippen molar-refractivity contribution in [1.82, 2.24) is 0 Å². The number of aliphatic carboxylic acids is 1. The highest BCUT2D eigenvalue weighted by Crippen LogP contribution is 2.30. The molecule has 0 unspecified atom stereocenters. The van der Waals surface area contributed by atoms with Gasteiger partial charge in [0.1, 0.15) is 0 Å². The lowest BCUT2D eigenvalue weighted by Gasteiger charge is -1.95. The molecule has 0 saturated carbocycles. The van der Waals surface area contributed by atoms with E-state index in [-0.39, 0.29) is 6.42 Å². The van der Waals surface area contributed by atoms with Crippen LogP contribution in [0.15, 0.2) is 5.38 Å². The van der Waals surface area contributed by atoms with Crippen molar-refractivity contribution in [3.8, 4) is 0 Å².